The number of carbonyl (C=O) groups is 12. The summed E-state index contributed by atoms with van der Waals surface area (Å²) < 4.78 is 0. The van der Waals surface area contributed by atoms with E-state index >= 15 is 0 Å². The molecule has 2 aliphatic heterocycles. The van der Waals surface area contributed by atoms with Crippen LogP contribution in [0.4, 0.5) is 0 Å². The summed E-state index contributed by atoms with van der Waals surface area (Å²) in [5.41, 5.74) is 13.3. The topological polar surface area (TPSA) is 408 Å². The molecular formula is C59H86N14O13S4. The zero-order valence-corrected chi connectivity index (χ0v) is 54.2. The van der Waals surface area contributed by atoms with Crippen molar-refractivity contribution in [3.8, 4) is 0 Å². The molecule has 2 fully saturated rings. The van der Waals surface area contributed by atoms with Crippen molar-refractivity contribution in [1.29, 1.82) is 0 Å². The van der Waals surface area contributed by atoms with Gasteiger partial charge in [-0.25, -0.2) is 4.79 Å². The molecule has 2 aliphatic rings. The number of amides is 11. The van der Waals surface area contributed by atoms with Crippen molar-refractivity contribution in [2.24, 2.45) is 11.5 Å². The maximum absolute atomic E-state index is 14.8. The molecule has 90 heavy (non-hydrogen) atoms. The number of hydrogen-bond donors (Lipinski definition) is 15. The van der Waals surface area contributed by atoms with Gasteiger partial charge in [0.1, 0.15) is 54.4 Å². The smallest absolute Gasteiger partial charge is 0.326 e. The number of likely N-dealkylation sites (tertiary alicyclic amines) is 2. The molecule has 2 saturated heterocycles. The highest BCUT2D eigenvalue weighted by Crippen LogP contribution is 2.27. The van der Waals surface area contributed by atoms with Crippen LogP contribution in [0.5, 0.6) is 0 Å². The van der Waals surface area contributed by atoms with Crippen molar-refractivity contribution in [2.45, 2.75) is 138 Å². The van der Waals surface area contributed by atoms with E-state index in [9.17, 15) is 62.6 Å². The first kappa shape index (κ1) is 73.7. The molecule has 0 unspecified atom stereocenters. The van der Waals surface area contributed by atoms with Crippen molar-refractivity contribution < 1.29 is 62.6 Å². The van der Waals surface area contributed by atoms with Gasteiger partial charge in [-0.2, -0.15) is 48.8 Å². The second kappa shape index (κ2) is 37.9. The number of fused-ring (bicyclic) bond motifs is 1. The molecule has 0 aliphatic carbocycles. The maximum atomic E-state index is 14.8. The number of aromatic nitrogens is 1. The summed E-state index contributed by atoms with van der Waals surface area (Å²) in [6, 6.07) is 4.38. The van der Waals surface area contributed by atoms with Crippen LogP contribution in [0.3, 0.4) is 0 Å². The second-order valence-electron chi connectivity index (χ2n) is 22.0. The van der Waals surface area contributed by atoms with Gasteiger partial charge >= 0.3 is 5.97 Å². The van der Waals surface area contributed by atoms with Crippen LogP contribution < -0.4 is 59.3 Å². The van der Waals surface area contributed by atoms with Gasteiger partial charge in [0.05, 0.1) is 19.1 Å². The first-order valence-corrected chi connectivity index (χ1v) is 33.9. The number of hydrogen-bond acceptors (Lipinski definition) is 18. The highest BCUT2D eigenvalue weighted by atomic mass is 32.2. The van der Waals surface area contributed by atoms with Crippen molar-refractivity contribution in [3.63, 3.8) is 0 Å². The first-order valence-electron chi connectivity index (χ1n) is 29.9. The summed E-state index contributed by atoms with van der Waals surface area (Å²) >= 11 is 11.6. The maximum Gasteiger partial charge on any atom is 0.326 e. The SMILES string of the molecule is CSCC[C@H](NC(=O)[C@H](C)N)C(=O)N[C@@H](CS)C(=O)N1CCC[C@H]1C(=O)N1CCC[C@H]1C(=O)N[C@@H](Cc1c[nH]c2ccccc12)C(=O)N[C@@H](CCSC)C(=O)N[C@@H](CS)C(=O)N[C@@H](Cc1ccccc1)C(=O)NCC(=O)NCC(=O)N[C@@H](CCCCN)C(=O)O. The summed E-state index contributed by atoms with van der Waals surface area (Å²) in [6.45, 7) is 0.976. The third-order valence-corrected chi connectivity index (χ3v) is 17.3. The van der Waals surface area contributed by atoms with Gasteiger partial charge < -0.3 is 79.2 Å². The predicted molar refractivity (Wildman–Crippen MR) is 349 cm³/mol. The number of aromatic amines is 1. The number of thioether (sulfide) groups is 2. The summed E-state index contributed by atoms with van der Waals surface area (Å²) in [4.78, 5) is 169. The number of thiol groups is 2. The van der Waals surface area contributed by atoms with Crippen molar-refractivity contribution >= 4 is 131 Å². The van der Waals surface area contributed by atoms with Gasteiger partial charge in [-0.1, -0.05) is 48.5 Å². The third-order valence-electron chi connectivity index (χ3n) is 15.3. The Morgan fingerprint density at radius 3 is 1.77 bits per heavy atom. The molecule has 31 heteroatoms. The van der Waals surface area contributed by atoms with E-state index in [4.69, 9.17) is 11.5 Å². The van der Waals surface area contributed by atoms with Gasteiger partial charge in [-0.05, 0) is 112 Å². The quantitative estimate of drug-likeness (QED) is 0.0230. The van der Waals surface area contributed by atoms with Crippen LogP contribution in [0, 0.1) is 0 Å². The fourth-order valence-electron chi connectivity index (χ4n) is 10.3. The third kappa shape index (κ3) is 22.4. The molecule has 10 atom stereocenters. The lowest BCUT2D eigenvalue weighted by Gasteiger charge is -2.33. The minimum Gasteiger partial charge on any atom is -0.480 e. The van der Waals surface area contributed by atoms with Crippen LogP contribution in [0.1, 0.15) is 75.8 Å². The largest absolute Gasteiger partial charge is 0.480 e. The molecule has 3 aromatic rings. The molecule has 0 spiro atoms. The van der Waals surface area contributed by atoms with Crippen molar-refractivity contribution in [1.82, 2.24) is 62.6 Å². The summed E-state index contributed by atoms with van der Waals surface area (Å²) in [6.07, 6.45) is 8.07. The van der Waals surface area contributed by atoms with Crippen LogP contribution in [-0.4, -0.2) is 220 Å². The Hall–Kier alpha value is -7.06. The van der Waals surface area contributed by atoms with E-state index in [2.05, 4.69) is 78.1 Å². The number of unbranched alkanes of at least 4 members (excludes halogenated alkanes) is 1. The molecule has 5 rings (SSSR count). The zero-order valence-electron chi connectivity index (χ0n) is 50.8. The number of nitrogens with two attached hydrogens (primary N) is 2. The van der Waals surface area contributed by atoms with Gasteiger partial charge in [0.15, 0.2) is 0 Å². The van der Waals surface area contributed by atoms with Crippen molar-refractivity contribution in [3.05, 3.63) is 71.9 Å². The molecule has 3 heterocycles. The Kier molecular flexibility index (Phi) is 31.1. The second-order valence-corrected chi connectivity index (χ2v) is 24.7. The first-order chi connectivity index (χ1) is 43.1. The highest BCUT2D eigenvalue weighted by molar-refractivity contribution is 7.98. The van der Waals surface area contributed by atoms with Gasteiger partial charge in [0.2, 0.25) is 65.0 Å². The average molecular weight is 1330 g/mol. The number of H-pyrrole nitrogens is 1. The Balaban J connectivity index is 1.29. The van der Waals surface area contributed by atoms with E-state index in [1.54, 1.807) is 42.8 Å². The van der Waals surface area contributed by atoms with E-state index < -0.39 is 144 Å². The molecule has 1 aromatic heterocycles. The van der Waals surface area contributed by atoms with Crippen LogP contribution in [0.2, 0.25) is 0 Å². The van der Waals surface area contributed by atoms with E-state index in [0.717, 1.165) is 10.9 Å². The Labute approximate surface area is 542 Å². The molecule has 494 valence electrons. The zero-order chi connectivity index (χ0) is 65.9. The van der Waals surface area contributed by atoms with Crippen LogP contribution in [0.15, 0.2) is 60.8 Å². The standard InChI is InChI=1S/C59H86N14O13S4/c1-34(61)50(76)66-39(20-25-89-2)53(79)71-45(33-88)57(83)73-24-12-19-47(73)58(84)72-23-11-18-46(72)56(82)69-43(28-36-29-62-38-16-8-7-15-37(36)38)54(80)67-40(21-26-90-3)52(78)70-44(32-87)55(81)68-42(27-35-13-5-4-6-14-35)51(77)64-30-48(74)63-31-49(75)65-41(59(85)86)17-9-10-22-60/h4-8,13-16,29,34,39-47,62,87-88H,9-12,17-28,30-33,60-61H2,1-3H3,(H,63,74)(H,64,77)(H,65,75)(H,66,76)(H,67,80)(H,68,81)(H,69,82)(H,70,78)(H,71,79)(H,85,86)/t34-,39-,40-,41-,42-,43-,44-,45-,46-,47-/m0/s1. The van der Waals surface area contributed by atoms with E-state index in [0.29, 0.717) is 54.9 Å². The van der Waals surface area contributed by atoms with E-state index in [1.165, 1.54) is 40.2 Å². The number of nitrogens with zero attached hydrogens (tertiary/aromatic N) is 2. The predicted octanol–water partition coefficient (Wildman–Crippen LogP) is -1.51. The fourth-order valence-corrected chi connectivity index (χ4v) is 11.8. The lowest BCUT2D eigenvalue weighted by atomic mass is 10.0. The molecule has 27 nitrogen and oxygen atoms in total. The number of carboxylic acids is 1. The number of carboxylic acid groups (broad SMARTS) is 1. The highest BCUT2D eigenvalue weighted by Gasteiger charge is 2.45. The molecule has 11 amide bonds. The molecule has 0 saturated carbocycles. The number of benzene rings is 2. The van der Waals surface area contributed by atoms with Crippen LogP contribution >= 0.6 is 48.8 Å². The van der Waals surface area contributed by atoms with Crippen LogP contribution in [0.25, 0.3) is 10.9 Å². The lowest BCUT2D eigenvalue weighted by molar-refractivity contribution is -0.148. The minimum absolute atomic E-state index is 0.0610. The minimum atomic E-state index is -1.38. The number of rotatable bonds is 37. The van der Waals surface area contributed by atoms with Crippen LogP contribution in [-0.2, 0) is 70.4 Å². The number of aliphatic carboxylic acids is 1. The summed E-state index contributed by atoms with van der Waals surface area (Å²) in [5.74, 6) is -8.36. The Morgan fingerprint density at radius 1 is 0.600 bits per heavy atom. The molecule has 2 aromatic carbocycles. The van der Waals surface area contributed by atoms with Crippen molar-refractivity contribution in [2.75, 3.05) is 68.2 Å². The number of nitrogens with one attached hydrogen (secondary N) is 10. The average Bonchev–Trinajstić information content (AvgIpc) is 1.72. The fraction of sp³-hybridized carbons (Fsp3) is 0.559. The molecule has 0 bridgehead atoms. The monoisotopic (exact) mass is 1330 g/mol. The Morgan fingerprint density at radius 2 is 1.14 bits per heavy atom. The Bertz CT molecular complexity index is 2960. The van der Waals surface area contributed by atoms with E-state index in [-0.39, 0.29) is 69.5 Å². The number of para-hydroxylation sites is 1. The van der Waals surface area contributed by atoms with Gasteiger partial charge in [-0.15, -0.1) is 0 Å². The molecular weight excluding hydrogens is 1240 g/mol. The molecule has 15 N–H and O–H groups in total. The van der Waals surface area contributed by atoms with Gasteiger partial charge in [0, 0.05) is 54.5 Å². The van der Waals surface area contributed by atoms with Gasteiger partial charge in [-0.3, -0.25) is 52.7 Å². The van der Waals surface area contributed by atoms with E-state index in [1.807, 2.05) is 30.5 Å². The molecule has 0 radical (unpaired) electrons. The van der Waals surface area contributed by atoms with Gasteiger partial charge in [0.25, 0.3) is 0 Å². The summed E-state index contributed by atoms with van der Waals surface area (Å²) in [5, 5.41) is 33.7. The summed E-state index contributed by atoms with van der Waals surface area (Å²) in [7, 11) is 0. The normalized spacial score (nSPS) is 17.2. The lowest BCUT2D eigenvalue weighted by Crippen LogP contribution is -2.60. The number of carbonyl (C=O) groups excluding carboxylic acids is 11.